The van der Waals surface area contributed by atoms with E-state index in [1.807, 2.05) is 54.8 Å². The van der Waals surface area contributed by atoms with Gasteiger partial charge in [-0.1, -0.05) is 41.1 Å². The number of thiazole rings is 1. The summed E-state index contributed by atoms with van der Waals surface area (Å²) in [6.07, 6.45) is 4.12. The Morgan fingerprint density at radius 3 is 2.72 bits per heavy atom. The first-order chi connectivity index (χ1) is 14.1. The molecule has 0 radical (unpaired) electrons. The number of carbonyl (C=O) groups excluding carboxylic acids is 1. The minimum atomic E-state index is -0.244. The predicted molar refractivity (Wildman–Crippen MR) is 122 cm³/mol. The van der Waals surface area contributed by atoms with Crippen LogP contribution in [0.3, 0.4) is 0 Å². The van der Waals surface area contributed by atoms with Gasteiger partial charge in [0.25, 0.3) is 0 Å². The average molecular weight is 473 g/mol. The molecule has 29 heavy (non-hydrogen) atoms. The van der Waals surface area contributed by atoms with Crippen LogP contribution in [0.5, 0.6) is 11.5 Å². The van der Waals surface area contributed by atoms with E-state index in [2.05, 4.69) is 26.2 Å². The number of hydrogen-bond donors (Lipinski definition) is 1. The van der Waals surface area contributed by atoms with E-state index in [4.69, 9.17) is 9.47 Å². The van der Waals surface area contributed by atoms with Crippen molar-refractivity contribution >= 4 is 44.4 Å². The largest absolute Gasteiger partial charge is 0.493 e. The number of anilines is 1. The zero-order valence-corrected chi connectivity index (χ0v) is 18.5. The van der Waals surface area contributed by atoms with E-state index in [1.165, 1.54) is 17.4 Å². The van der Waals surface area contributed by atoms with Crippen LogP contribution in [-0.4, -0.2) is 24.6 Å². The summed E-state index contributed by atoms with van der Waals surface area (Å²) in [6, 6.07) is 13.4. The van der Waals surface area contributed by atoms with Gasteiger partial charge in [0.1, 0.15) is 0 Å². The molecule has 1 aromatic heterocycles. The summed E-state index contributed by atoms with van der Waals surface area (Å²) in [7, 11) is 1.60. The Balaban J connectivity index is 1.63. The number of nitrogens with one attached hydrogen (secondary N) is 1. The number of carbonyl (C=O) groups is 1. The van der Waals surface area contributed by atoms with Gasteiger partial charge in [-0.15, -0.1) is 11.3 Å². The van der Waals surface area contributed by atoms with Crippen LogP contribution in [0.2, 0.25) is 0 Å². The third-order valence-corrected chi connectivity index (χ3v) is 5.24. The molecule has 0 saturated heterocycles. The average Bonchev–Trinajstić information content (AvgIpc) is 3.19. The highest BCUT2D eigenvalue weighted by molar-refractivity contribution is 9.10. The second-order valence-electron chi connectivity index (χ2n) is 6.13. The molecule has 0 saturated carbocycles. The molecule has 0 aliphatic carbocycles. The summed E-state index contributed by atoms with van der Waals surface area (Å²) in [6.45, 7) is 2.68. The van der Waals surface area contributed by atoms with Crippen LogP contribution in [0.25, 0.3) is 17.3 Å². The molecule has 1 amide bonds. The summed E-state index contributed by atoms with van der Waals surface area (Å²) in [4.78, 5) is 16.7. The first kappa shape index (κ1) is 21.1. The Morgan fingerprint density at radius 2 is 2.00 bits per heavy atom. The maximum atomic E-state index is 12.2. The van der Waals surface area contributed by atoms with Crippen molar-refractivity contribution in [1.82, 2.24) is 4.98 Å². The smallest absolute Gasteiger partial charge is 0.250 e. The summed E-state index contributed by atoms with van der Waals surface area (Å²) in [5, 5.41) is 5.27. The zero-order valence-electron chi connectivity index (χ0n) is 16.1. The van der Waals surface area contributed by atoms with Gasteiger partial charge >= 0.3 is 0 Å². The van der Waals surface area contributed by atoms with Gasteiger partial charge in [-0.2, -0.15) is 0 Å². The number of ether oxygens (including phenoxy) is 2. The van der Waals surface area contributed by atoms with Crippen LogP contribution in [0.4, 0.5) is 5.13 Å². The highest BCUT2D eigenvalue weighted by Gasteiger charge is 2.07. The molecule has 3 rings (SSSR count). The zero-order chi connectivity index (χ0) is 20.6. The molecular weight excluding hydrogens is 452 g/mol. The van der Waals surface area contributed by atoms with Gasteiger partial charge in [0.2, 0.25) is 5.91 Å². The van der Waals surface area contributed by atoms with Crippen LogP contribution in [0.15, 0.2) is 58.4 Å². The lowest BCUT2D eigenvalue weighted by molar-refractivity contribution is -0.111. The second-order valence-corrected chi connectivity index (χ2v) is 7.90. The lowest BCUT2D eigenvalue weighted by atomic mass is 10.2. The van der Waals surface area contributed by atoms with Gasteiger partial charge < -0.3 is 9.47 Å². The third-order valence-electron chi connectivity index (χ3n) is 3.95. The number of methoxy groups -OCH3 is 1. The molecule has 1 N–H and O–H groups in total. The molecule has 0 unspecified atom stereocenters. The van der Waals surface area contributed by atoms with E-state index in [1.54, 1.807) is 13.2 Å². The van der Waals surface area contributed by atoms with Crippen LogP contribution >= 0.6 is 27.3 Å². The van der Waals surface area contributed by atoms with E-state index >= 15 is 0 Å². The number of nitrogens with zero attached hydrogens (tertiary/aromatic N) is 1. The number of amides is 1. The van der Waals surface area contributed by atoms with Crippen molar-refractivity contribution in [2.24, 2.45) is 0 Å². The molecule has 3 aromatic rings. The molecule has 0 fully saturated rings. The van der Waals surface area contributed by atoms with Crippen molar-refractivity contribution < 1.29 is 14.3 Å². The van der Waals surface area contributed by atoms with Gasteiger partial charge in [-0.3, -0.25) is 10.1 Å². The number of aromatic nitrogens is 1. The fraction of sp³-hybridized carbons (Fsp3) is 0.182. The Hall–Kier alpha value is -2.64. The molecule has 2 aromatic carbocycles. The van der Waals surface area contributed by atoms with Crippen molar-refractivity contribution in [3.8, 4) is 22.8 Å². The van der Waals surface area contributed by atoms with Crippen LogP contribution in [0, 0.1) is 0 Å². The topological polar surface area (TPSA) is 60.5 Å². The monoisotopic (exact) mass is 472 g/mol. The molecule has 7 heteroatoms. The standard InChI is InChI=1S/C22H21BrN2O3S/c1-3-12-28-19-10-4-15(13-20(19)27-2)5-11-21(26)25-22-24-18(14-29-22)16-6-8-17(23)9-7-16/h4-11,13-14H,3,12H2,1-2H3,(H,24,25,26). The fourth-order valence-electron chi connectivity index (χ4n) is 2.52. The first-order valence-electron chi connectivity index (χ1n) is 9.10. The Kier molecular flexibility index (Phi) is 7.43. The summed E-state index contributed by atoms with van der Waals surface area (Å²) >= 11 is 4.81. The van der Waals surface area contributed by atoms with Gasteiger partial charge in [0.15, 0.2) is 16.6 Å². The molecule has 5 nitrogen and oxygen atoms in total. The summed E-state index contributed by atoms with van der Waals surface area (Å²) in [5.41, 5.74) is 2.67. The molecule has 150 valence electrons. The van der Waals surface area contributed by atoms with E-state index in [-0.39, 0.29) is 5.91 Å². The minimum absolute atomic E-state index is 0.244. The quantitative estimate of drug-likeness (QED) is 0.407. The maximum Gasteiger partial charge on any atom is 0.250 e. The normalized spacial score (nSPS) is 10.9. The Labute approximate surface area is 182 Å². The van der Waals surface area contributed by atoms with Crippen LogP contribution in [0.1, 0.15) is 18.9 Å². The number of rotatable bonds is 8. The van der Waals surface area contributed by atoms with Gasteiger partial charge in [-0.05, 0) is 42.3 Å². The van der Waals surface area contributed by atoms with Crippen molar-refractivity contribution in [2.75, 3.05) is 19.0 Å². The number of benzene rings is 2. The van der Waals surface area contributed by atoms with Crippen LogP contribution < -0.4 is 14.8 Å². The predicted octanol–water partition coefficient (Wildman–Crippen LogP) is 6.02. The molecule has 0 atom stereocenters. The molecule has 0 spiro atoms. The molecule has 0 bridgehead atoms. The van der Waals surface area contributed by atoms with Gasteiger partial charge in [-0.25, -0.2) is 4.98 Å². The maximum absolute atomic E-state index is 12.2. The fourth-order valence-corrected chi connectivity index (χ4v) is 3.51. The third kappa shape index (κ3) is 5.92. The molecule has 0 aliphatic rings. The van der Waals surface area contributed by atoms with Crippen molar-refractivity contribution in [2.45, 2.75) is 13.3 Å². The van der Waals surface area contributed by atoms with Gasteiger partial charge in [0, 0.05) is 21.5 Å². The Morgan fingerprint density at radius 1 is 1.21 bits per heavy atom. The summed E-state index contributed by atoms with van der Waals surface area (Å²) in [5.74, 6) is 1.09. The molecular formula is C22H21BrN2O3S. The van der Waals surface area contributed by atoms with E-state index in [0.29, 0.717) is 23.2 Å². The lowest BCUT2D eigenvalue weighted by Crippen LogP contribution is -2.07. The number of halogens is 1. The Bertz CT molecular complexity index is 1000. The second kappa shape index (κ2) is 10.2. The number of hydrogen-bond acceptors (Lipinski definition) is 5. The van der Waals surface area contributed by atoms with Gasteiger partial charge in [0.05, 0.1) is 19.4 Å². The van der Waals surface area contributed by atoms with E-state index in [0.717, 1.165) is 27.7 Å². The van der Waals surface area contributed by atoms with Crippen molar-refractivity contribution in [1.29, 1.82) is 0 Å². The van der Waals surface area contributed by atoms with Crippen molar-refractivity contribution in [3.05, 3.63) is 64.0 Å². The lowest BCUT2D eigenvalue weighted by Gasteiger charge is -2.10. The van der Waals surface area contributed by atoms with E-state index < -0.39 is 0 Å². The molecule has 1 heterocycles. The van der Waals surface area contributed by atoms with Crippen molar-refractivity contribution in [3.63, 3.8) is 0 Å². The minimum Gasteiger partial charge on any atom is -0.493 e. The SMILES string of the molecule is CCCOc1ccc(C=CC(=O)Nc2nc(-c3ccc(Br)cc3)cs2)cc1OC. The highest BCUT2D eigenvalue weighted by Crippen LogP contribution is 2.29. The highest BCUT2D eigenvalue weighted by atomic mass is 79.9. The summed E-state index contributed by atoms with van der Waals surface area (Å²) < 4.78 is 12.0. The molecule has 0 aliphatic heterocycles. The van der Waals surface area contributed by atoms with E-state index in [9.17, 15) is 4.79 Å². The van der Waals surface area contributed by atoms with Crippen LogP contribution in [-0.2, 0) is 4.79 Å². The first-order valence-corrected chi connectivity index (χ1v) is 10.8.